The van der Waals surface area contributed by atoms with Crippen LogP contribution >= 0.6 is 0 Å². The van der Waals surface area contributed by atoms with E-state index in [9.17, 15) is 4.79 Å². The number of para-hydroxylation sites is 1. The number of urea groups is 1. The van der Waals surface area contributed by atoms with Crippen LogP contribution in [0.25, 0.3) is 0 Å². The monoisotopic (exact) mass is 315 g/mol. The van der Waals surface area contributed by atoms with Crippen molar-refractivity contribution in [3.8, 4) is 5.75 Å². The number of ether oxygens (including phenoxy) is 1. The first-order valence-corrected chi connectivity index (χ1v) is 7.83. The van der Waals surface area contributed by atoms with Gasteiger partial charge < -0.3 is 19.9 Å². The Hall–Kier alpha value is -2.50. The molecule has 0 bridgehead atoms. The molecule has 0 unspecified atom stereocenters. The second-order valence-electron chi connectivity index (χ2n) is 5.71. The fourth-order valence-corrected chi connectivity index (χ4v) is 2.81. The lowest BCUT2D eigenvalue weighted by Gasteiger charge is -2.18. The number of nitrogens with one attached hydrogen (secondary N) is 2. The van der Waals surface area contributed by atoms with Crippen LogP contribution in [0.3, 0.4) is 0 Å². The SMILES string of the molecule is Cc1noc(C)c1CNC(=O)N[C@H]1CCCOc2ccccc21. The lowest BCUT2D eigenvalue weighted by atomic mass is 10.0. The zero-order chi connectivity index (χ0) is 16.2. The van der Waals surface area contributed by atoms with Crippen molar-refractivity contribution in [3.63, 3.8) is 0 Å². The van der Waals surface area contributed by atoms with Crippen LogP contribution < -0.4 is 15.4 Å². The van der Waals surface area contributed by atoms with E-state index in [-0.39, 0.29) is 12.1 Å². The molecule has 1 aromatic carbocycles. The van der Waals surface area contributed by atoms with Gasteiger partial charge in [-0.3, -0.25) is 0 Å². The van der Waals surface area contributed by atoms with E-state index in [2.05, 4.69) is 15.8 Å². The molecular weight excluding hydrogens is 294 g/mol. The Balaban J connectivity index is 1.64. The highest BCUT2D eigenvalue weighted by atomic mass is 16.5. The molecule has 0 aliphatic carbocycles. The largest absolute Gasteiger partial charge is 0.493 e. The Morgan fingerprint density at radius 1 is 1.35 bits per heavy atom. The third-order valence-corrected chi connectivity index (χ3v) is 4.10. The van der Waals surface area contributed by atoms with E-state index in [1.807, 2.05) is 38.1 Å². The van der Waals surface area contributed by atoms with Crippen molar-refractivity contribution in [1.29, 1.82) is 0 Å². The summed E-state index contributed by atoms with van der Waals surface area (Å²) in [5, 5.41) is 9.80. The highest BCUT2D eigenvalue weighted by Crippen LogP contribution is 2.30. The Labute approximate surface area is 135 Å². The summed E-state index contributed by atoms with van der Waals surface area (Å²) in [4.78, 5) is 12.2. The molecule has 2 amide bonds. The number of carbonyl (C=O) groups is 1. The summed E-state index contributed by atoms with van der Waals surface area (Å²) in [7, 11) is 0. The van der Waals surface area contributed by atoms with Gasteiger partial charge >= 0.3 is 6.03 Å². The van der Waals surface area contributed by atoms with Gasteiger partial charge in [-0.05, 0) is 32.8 Å². The zero-order valence-corrected chi connectivity index (χ0v) is 13.4. The molecule has 0 spiro atoms. The molecule has 3 rings (SSSR count). The number of hydrogen-bond donors (Lipinski definition) is 2. The van der Waals surface area contributed by atoms with Gasteiger partial charge in [0.25, 0.3) is 0 Å². The molecule has 1 aromatic heterocycles. The summed E-state index contributed by atoms with van der Waals surface area (Å²) in [5.74, 6) is 1.58. The number of aromatic nitrogens is 1. The van der Waals surface area contributed by atoms with E-state index in [4.69, 9.17) is 9.26 Å². The van der Waals surface area contributed by atoms with Gasteiger partial charge in [0.05, 0.1) is 18.3 Å². The van der Waals surface area contributed by atoms with Crippen LogP contribution in [-0.4, -0.2) is 17.8 Å². The third kappa shape index (κ3) is 3.47. The Morgan fingerprint density at radius 2 is 2.17 bits per heavy atom. The quantitative estimate of drug-likeness (QED) is 0.913. The molecule has 0 fully saturated rings. The van der Waals surface area contributed by atoms with E-state index in [1.54, 1.807) is 0 Å². The lowest BCUT2D eigenvalue weighted by molar-refractivity contribution is 0.235. The number of amides is 2. The summed E-state index contributed by atoms with van der Waals surface area (Å²) >= 11 is 0. The van der Waals surface area contributed by atoms with E-state index in [0.717, 1.165) is 41.2 Å². The highest BCUT2D eigenvalue weighted by molar-refractivity contribution is 5.74. The Bertz CT molecular complexity index is 677. The van der Waals surface area contributed by atoms with Crippen LogP contribution in [0.1, 0.15) is 41.5 Å². The first-order chi connectivity index (χ1) is 11.1. The van der Waals surface area contributed by atoms with Gasteiger partial charge in [-0.15, -0.1) is 0 Å². The fraction of sp³-hybridized carbons (Fsp3) is 0.412. The summed E-state index contributed by atoms with van der Waals surface area (Å²) in [5.41, 5.74) is 2.75. The standard InChI is InChI=1S/C17H21N3O3/c1-11-14(12(2)23-20-11)10-18-17(21)19-15-7-5-9-22-16-8-4-3-6-13(15)16/h3-4,6,8,15H,5,7,9-10H2,1-2H3,(H2,18,19,21)/t15-/m0/s1. The van der Waals surface area contributed by atoms with Crippen molar-refractivity contribution in [2.45, 2.75) is 39.3 Å². The predicted octanol–water partition coefficient (Wildman–Crippen LogP) is 3.00. The molecule has 122 valence electrons. The molecule has 0 saturated heterocycles. The molecule has 23 heavy (non-hydrogen) atoms. The maximum atomic E-state index is 12.2. The number of carbonyl (C=O) groups excluding carboxylic acids is 1. The molecule has 0 radical (unpaired) electrons. The van der Waals surface area contributed by atoms with Crippen LogP contribution in [-0.2, 0) is 6.54 Å². The van der Waals surface area contributed by atoms with Gasteiger partial charge in [-0.25, -0.2) is 4.79 Å². The molecule has 2 N–H and O–H groups in total. The average Bonchev–Trinajstić information content (AvgIpc) is 2.75. The van der Waals surface area contributed by atoms with Crippen molar-refractivity contribution in [2.75, 3.05) is 6.61 Å². The molecule has 1 aliphatic heterocycles. The van der Waals surface area contributed by atoms with Crippen molar-refractivity contribution in [3.05, 3.63) is 46.8 Å². The summed E-state index contributed by atoms with van der Waals surface area (Å²) in [6, 6.07) is 7.60. The summed E-state index contributed by atoms with van der Waals surface area (Å²) in [6.07, 6.45) is 1.76. The molecule has 2 heterocycles. The number of hydrogen-bond acceptors (Lipinski definition) is 4. The number of nitrogens with zero attached hydrogens (tertiary/aromatic N) is 1. The smallest absolute Gasteiger partial charge is 0.315 e. The van der Waals surface area contributed by atoms with Gasteiger partial charge in [0.2, 0.25) is 0 Å². The van der Waals surface area contributed by atoms with Crippen LogP contribution in [0.5, 0.6) is 5.75 Å². The average molecular weight is 315 g/mol. The van der Waals surface area contributed by atoms with E-state index in [1.165, 1.54) is 0 Å². The van der Waals surface area contributed by atoms with E-state index >= 15 is 0 Å². The molecule has 1 aliphatic rings. The second kappa shape index (κ2) is 6.73. The number of fused-ring (bicyclic) bond motifs is 1. The molecule has 2 aromatic rings. The third-order valence-electron chi connectivity index (χ3n) is 4.10. The number of benzene rings is 1. The van der Waals surface area contributed by atoms with Gasteiger partial charge in [0.15, 0.2) is 0 Å². The van der Waals surface area contributed by atoms with Crippen molar-refractivity contribution in [2.24, 2.45) is 0 Å². The van der Waals surface area contributed by atoms with Gasteiger partial charge in [-0.1, -0.05) is 23.4 Å². The maximum absolute atomic E-state index is 12.2. The van der Waals surface area contributed by atoms with Gasteiger partial charge in [0, 0.05) is 17.7 Å². The molecule has 0 saturated carbocycles. The zero-order valence-electron chi connectivity index (χ0n) is 13.4. The maximum Gasteiger partial charge on any atom is 0.315 e. The first kappa shape index (κ1) is 15.4. The first-order valence-electron chi connectivity index (χ1n) is 7.83. The number of rotatable bonds is 3. The van der Waals surface area contributed by atoms with Gasteiger partial charge in [-0.2, -0.15) is 0 Å². The van der Waals surface area contributed by atoms with Crippen LogP contribution in [0, 0.1) is 13.8 Å². The minimum Gasteiger partial charge on any atom is -0.493 e. The van der Waals surface area contributed by atoms with Crippen molar-refractivity contribution in [1.82, 2.24) is 15.8 Å². The molecule has 1 atom stereocenters. The molecular formula is C17H21N3O3. The Morgan fingerprint density at radius 3 is 2.96 bits per heavy atom. The predicted molar refractivity (Wildman–Crippen MR) is 85.3 cm³/mol. The van der Waals surface area contributed by atoms with Crippen LogP contribution in [0.2, 0.25) is 0 Å². The molecule has 6 heteroatoms. The fourth-order valence-electron chi connectivity index (χ4n) is 2.81. The molecule has 6 nitrogen and oxygen atoms in total. The Kier molecular flexibility index (Phi) is 4.50. The van der Waals surface area contributed by atoms with Gasteiger partial charge in [0.1, 0.15) is 11.5 Å². The van der Waals surface area contributed by atoms with E-state index < -0.39 is 0 Å². The minimum atomic E-state index is -0.202. The van der Waals surface area contributed by atoms with Crippen molar-refractivity contribution < 1.29 is 14.1 Å². The van der Waals surface area contributed by atoms with Crippen LogP contribution in [0.4, 0.5) is 4.79 Å². The minimum absolute atomic E-state index is 0.0432. The second-order valence-corrected chi connectivity index (χ2v) is 5.71. The topological polar surface area (TPSA) is 76.4 Å². The van der Waals surface area contributed by atoms with Crippen molar-refractivity contribution >= 4 is 6.03 Å². The normalized spacial score (nSPS) is 16.9. The van der Waals surface area contributed by atoms with Crippen LogP contribution in [0.15, 0.2) is 28.8 Å². The highest BCUT2D eigenvalue weighted by Gasteiger charge is 2.21. The number of aryl methyl sites for hydroxylation is 2. The summed E-state index contributed by atoms with van der Waals surface area (Å²) < 4.78 is 10.8. The van der Waals surface area contributed by atoms with E-state index in [0.29, 0.717) is 13.2 Å². The lowest BCUT2D eigenvalue weighted by Crippen LogP contribution is -2.37. The summed E-state index contributed by atoms with van der Waals surface area (Å²) in [6.45, 7) is 4.78.